The lowest BCUT2D eigenvalue weighted by Crippen LogP contribution is -2.31. The summed E-state index contributed by atoms with van der Waals surface area (Å²) < 4.78 is 12.9. The number of carboxylic acid groups (broad SMARTS) is 1. The van der Waals surface area contributed by atoms with Gasteiger partial charge in [-0.2, -0.15) is 0 Å². The smallest absolute Gasteiger partial charge is 0.303 e. The number of aliphatic carboxylic acids is 1. The maximum Gasteiger partial charge on any atom is 0.303 e. The summed E-state index contributed by atoms with van der Waals surface area (Å²) in [6.45, 7) is 1.45. The van der Waals surface area contributed by atoms with Crippen LogP contribution in [0.5, 0.6) is 0 Å². The minimum Gasteiger partial charge on any atom is -0.481 e. The molecule has 44 heavy (non-hydrogen) atoms. The molecule has 4 rings (SSSR count). The van der Waals surface area contributed by atoms with E-state index in [1.807, 2.05) is 72.8 Å². The minimum absolute atomic E-state index is 0.0270. The van der Waals surface area contributed by atoms with Crippen LogP contribution < -0.4 is 10.6 Å². The van der Waals surface area contributed by atoms with Crippen LogP contribution in [0, 0.1) is 0 Å². The highest BCUT2D eigenvalue weighted by Gasteiger charge is 2.32. The Hall–Kier alpha value is -3.70. The van der Waals surface area contributed by atoms with Crippen molar-refractivity contribution in [2.45, 2.75) is 81.9 Å². The molecule has 0 spiro atoms. The number of carbonyl (C=O) groups is 3. The Morgan fingerprint density at radius 3 is 2.25 bits per heavy atom. The number of aliphatic hydroxyl groups excluding tert-OH is 1. The lowest BCUT2D eigenvalue weighted by molar-refractivity contribution is -0.245. The fourth-order valence-electron chi connectivity index (χ4n) is 4.95. The molecular formula is C34H40N2O7S. The number of carbonyl (C=O) groups excluding carboxylic acids is 2. The Kier molecular flexibility index (Phi) is 12.8. The van der Waals surface area contributed by atoms with Crippen LogP contribution in [0.3, 0.4) is 0 Å². The number of carboxylic acids is 1. The van der Waals surface area contributed by atoms with Crippen molar-refractivity contribution < 1.29 is 34.1 Å². The summed E-state index contributed by atoms with van der Waals surface area (Å²) in [4.78, 5) is 35.6. The fourth-order valence-corrected chi connectivity index (χ4v) is 5.87. The van der Waals surface area contributed by atoms with Crippen LogP contribution in [-0.2, 0) is 30.5 Å². The average molecular weight is 621 g/mol. The molecule has 4 N–H and O–H groups in total. The molecule has 9 nitrogen and oxygen atoms in total. The second kappa shape index (κ2) is 17.0. The zero-order valence-corrected chi connectivity index (χ0v) is 25.7. The summed E-state index contributed by atoms with van der Waals surface area (Å²) >= 11 is 1.67. The lowest BCUT2D eigenvalue weighted by Gasteiger charge is -2.36. The summed E-state index contributed by atoms with van der Waals surface area (Å²) in [5.41, 5.74) is 4.03. The van der Waals surface area contributed by atoms with Gasteiger partial charge in [-0.25, -0.2) is 0 Å². The van der Waals surface area contributed by atoms with Gasteiger partial charge in [-0.05, 0) is 60.4 Å². The van der Waals surface area contributed by atoms with Crippen molar-refractivity contribution in [1.29, 1.82) is 0 Å². The van der Waals surface area contributed by atoms with Crippen LogP contribution in [-0.4, -0.2) is 39.9 Å². The van der Waals surface area contributed by atoms with Crippen molar-refractivity contribution in [2.24, 2.45) is 0 Å². The number of hydrogen-bond acceptors (Lipinski definition) is 7. The van der Waals surface area contributed by atoms with Crippen LogP contribution in [0.2, 0.25) is 0 Å². The number of anilines is 2. The Labute approximate surface area is 262 Å². The molecule has 3 aromatic carbocycles. The third kappa shape index (κ3) is 10.8. The Morgan fingerprint density at radius 1 is 0.841 bits per heavy atom. The van der Waals surface area contributed by atoms with Crippen molar-refractivity contribution >= 4 is 40.9 Å². The molecule has 0 unspecified atom stereocenters. The van der Waals surface area contributed by atoms with Crippen LogP contribution in [0.1, 0.15) is 81.0 Å². The first kappa shape index (κ1) is 33.2. The molecule has 1 heterocycles. The number of ether oxygens (including phenoxy) is 2. The van der Waals surface area contributed by atoms with Crippen molar-refractivity contribution in [3.8, 4) is 0 Å². The first-order valence-electron chi connectivity index (χ1n) is 14.9. The van der Waals surface area contributed by atoms with Crippen molar-refractivity contribution in [1.82, 2.24) is 0 Å². The number of amides is 2. The van der Waals surface area contributed by atoms with Gasteiger partial charge in [-0.3, -0.25) is 14.4 Å². The molecule has 0 aliphatic carbocycles. The van der Waals surface area contributed by atoms with E-state index >= 15 is 0 Å². The highest BCUT2D eigenvalue weighted by atomic mass is 32.2. The van der Waals surface area contributed by atoms with E-state index in [1.165, 1.54) is 6.92 Å². The van der Waals surface area contributed by atoms with Crippen LogP contribution >= 0.6 is 11.8 Å². The zero-order chi connectivity index (χ0) is 31.3. The van der Waals surface area contributed by atoms with Crippen molar-refractivity contribution in [3.63, 3.8) is 0 Å². The van der Waals surface area contributed by atoms with E-state index in [2.05, 4.69) is 10.6 Å². The molecule has 1 saturated heterocycles. The minimum atomic E-state index is -0.793. The SMILES string of the molecule is CC(=O)Nc1ccc(SC[C@@H]2C[C@H](c3ccc(CO)cc3)O[C@H](c3cccc(NC(=O)CCCCCCC(=O)O)c3)O2)cc1. The second-order valence-corrected chi connectivity index (χ2v) is 11.9. The maximum atomic E-state index is 12.6. The topological polar surface area (TPSA) is 134 Å². The number of thioether (sulfide) groups is 1. The van der Waals surface area contributed by atoms with E-state index < -0.39 is 12.3 Å². The third-order valence-corrected chi connectivity index (χ3v) is 8.36. The summed E-state index contributed by atoms with van der Waals surface area (Å²) in [5, 5.41) is 24.0. The highest BCUT2D eigenvalue weighted by molar-refractivity contribution is 7.99. The van der Waals surface area contributed by atoms with Gasteiger partial charge in [0.15, 0.2) is 6.29 Å². The molecule has 3 atom stereocenters. The van der Waals surface area contributed by atoms with Gasteiger partial charge in [0.1, 0.15) is 0 Å². The van der Waals surface area contributed by atoms with E-state index in [0.29, 0.717) is 37.1 Å². The molecule has 1 aliphatic rings. The molecule has 0 radical (unpaired) electrons. The van der Waals surface area contributed by atoms with E-state index in [4.69, 9.17) is 14.6 Å². The van der Waals surface area contributed by atoms with Crippen molar-refractivity contribution in [2.75, 3.05) is 16.4 Å². The fraction of sp³-hybridized carbons (Fsp3) is 0.382. The summed E-state index contributed by atoms with van der Waals surface area (Å²) in [7, 11) is 0. The Balaban J connectivity index is 1.40. The number of unbranched alkanes of at least 4 members (excludes halogenated alkanes) is 3. The van der Waals surface area contributed by atoms with Gasteiger partial charge in [0, 0.05) is 53.8 Å². The molecule has 2 amide bonds. The largest absolute Gasteiger partial charge is 0.481 e. The molecule has 10 heteroatoms. The molecule has 3 aromatic rings. The van der Waals surface area contributed by atoms with E-state index in [1.54, 1.807) is 11.8 Å². The van der Waals surface area contributed by atoms with Crippen molar-refractivity contribution in [3.05, 3.63) is 89.5 Å². The van der Waals surface area contributed by atoms with Crippen LogP contribution in [0.25, 0.3) is 0 Å². The zero-order valence-electron chi connectivity index (χ0n) is 24.9. The molecular weight excluding hydrogens is 580 g/mol. The van der Waals surface area contributed by atoms with E-state index in [0.717, 1.165) is 40.1 Å². The predicted octanol–water partition coefficient (Wildman–Crippen LogP) is 6.84. The number of nitrogens with one attached hydrogen (secondary N) is 2. The van der Waals surface area contributed by atoms with Crippen LogP contribution in [0.4, 0.5) is 11.4 Å². The van der Waals surface area contributed by atoms with E-state index in [-0.39, 0.29) is 37.0 Å². The van der Waals surface area contributed by atoms with Gasteiger partial charge in [-0.15, -0.1) is 11.8 Å². The highest BCUT2D eigenvalue weighted by Crippen LogP contribution is 2.40. The summed E-state index contributed by atoms with van der Waals surface area (Å²) in [5.74, 6) is -0.308. The van der Waals surface area contributed by atoms with Gasteiger partial charge in [-0.1, -0.05) is 49.2 Å². The third-order valence-electron chi connectivity index (χ3n) is 7.21. The Bertz CT molecular complexity index is 1380. The Morgan fingerprint density at radius 2 is 1.57 bits per heavy atom. The normalized spacial score (nSPS) is 18.0. The average Bonchev–Trinajstić information content (AvgIpc) is 3.02. The van der Waals surface area contributed by atoms with Gasteiger partial charge < -0.3 is 30.3 Å². The first-order chi connectivity index (χ1) is 21.3. The van der Waals surface area contributed by atoms with Gasteiger partial charge in [0.05, 0.1) is 18.8 Å². The van der Waals surface area contributed by atoms with Gasteiger partial charge >= 0.3 is 5.97 Å². The first-order valence-corrected chi connectivity index (χ1v) is 15.9. The molecule has 0 saturated carbocycles. The monoisotopic (exact) mass is 620 g/mol. The predicted molar refractivity (Wildman–Crippen MR) is 170 cm³/mol. The van der Waals surface area contributed by atoms with Gasteiger partial charge in [0.25, 0.3) is 0 Å². The molecule has 0 aromatic heterocycles. The number of rotatable bonds is 15. The molecule has 1 aliphatic heterocycles. The quantitative estimate of drug-likeness (QED) is 0.107. The maximum absolute atomic E-state index is 12.6. The molecule has 234 valence electrons. The number of aliphatic hydroxyl groups is 1. The number of hydrogen-bond donors (Lipinski definition) is 4. The van der Waals surface area contributed by atoms with Crippen LogP contribution in [0.15, 0.2) is 77.7 Å². The molecule has 1 fully saturated rings. The van der Waals surface area contributed by atoms with Gasteiger partial charge in [0.2, 0.25) is 11.8 Å². The number of benzene rings is 3. The summed E-state index contributed by atoms with van der Waals surface area (Å²) in [6.07, 6.45) is 3.09. The molecule has 0 bridgehead atoms. The summed E-state index contributed by atoms with van der Waals surface area (Å²) in [6, 6.07) is 22.9. The standard InChI is InChI=1S/C34H40N2O7S/c1-23(38)35-27-15-17-30(18-16-27)44-22-29-20-31(25-13-11-24(21-37)12-14-25)43-34(42-29)26-7-6-8-28(19-26)36-32(39)9-4-2-3-5-10-33(40)41/h6-8,11-19,29,31,34,37H,2-5,9-10,20-22H2,1H3,(H,35,38)(H,36,39)(H,40,41)/t29-,31+,34+/m0/s1. The second-order valence-electron chi connectivity index (χ2n) is 10.8. The van der Waals surface area contributed by atoms with E-state index in [9.17, 15) is 19.5 Å². The lowest BCUT2D eigenvalue weighted by atomic mass is 10.0.